The van der Waals surface area contributed by atoms with E-state index in [9.17, 15) is 19.8 Å². The standard InChI is InChI=1S/C25H24N2O4/c28-16-19-7-6-18(17-4-2-1-3-5-17)14-23(19)26-25(31)22-15-20(8-9-24(22)30)27-12-10-21(29)11-13-27/h1-9,14-16,21,29-30H,10-13H2,(H,26,31). The summed E-state index contributed by atoms with van der Waals surface area (Å²) in [5, 5.41) is 22.8. The van der Waals surface area contributed by atoms with E-state index in [2.05, 4.69) is 10.2 Å². The number of carbonyl (C=O) groups is 2. The van der Waals surface area contributed by atoms with Gasteiger partial charge in [-0.05, 0) is 54.3 Å². The number of phenols is 1. The van der Waals surface area contributed by atoms with Crippen LogP contribution in [-0.2, 0) is 0 Å². The molecule has 0 bridgehead atoms. The van der Waals surface area contributed by atoms with Gasteiger partial charge in [-0.1, -0.05) is 36.4 Å². The van der Waals surface area contributed by atoms with Gasteiger partial charge in [0.15, 0.2) is 6.29 Å². The second-order valence-corrected chi connectivity index (χ2v) is 7.66. The molecule has 3 aromatic rings. The van der Waals surface area contributed by atoms with Crippen LogP contribution in [-0.4, -0.2) is 41.6 Å². The highest BCUT2D eigenvalue weighted by Crippen LogP contribution is 2.29. The zero-order chi connectivity index (χ0) is 21.8. The molecule has 0 atom stereocenters. The minimum Gasteiger partial charge on any atom is -0.507 e. The number of aromatic hydroxyl groups is 1. The number of piperidine rings is 1. The number of nitrogens with one attached hydrogen (secondary N) is 1. The molecule has 4 rings (SSSR count). The van der Waals surface area contributed by atoms with Gasteiger partial charge >= 0.3 is 0 Å². The average molecular weight is 416 g/mol. The molecule has 3 N–H and O–H groups in total. The van der Waals surface area contributed by atoms with Crippen LogP contribution in [0.3, 0.4) is 0 Å². The summed E-state index contributed by atoms with van der Waals surface area (Å²) in [7, 11) is 0. The van der Waals surface area contributed by atoms with E-state index in [0.29, 0.717) is 43.5 Å². The second kappa shape index (κ2) is 9.02. The van der Waals surface area contributed by atoms with Crippen LogP contribution in [0.5, 0.6) is 5.75 Å². The zero-order valence-corrected chi connectivity index (χ0v) is 17.0. The summed E-state index contributed by atoms with van der Waals surface area (Å²) in [6.07, 6.45) is 1.73. The molecule has 1 amide bonds. The number of hydrogen-bond acceptors (Lipinski definition) is 5. The molecular weight excluding hydrogens is 392 g/mol. The van der Waals surface area contributed by atoms with E-state index >= 15 is 0 Å². The summed E-state index contributed by atoms with van der Waals surface area (Å²) in [5.41, 5.74) is 3.51. The molecule has 0 aromatic heterocycles. The molecule has 1 aliphatic heterocycles. The highest BCUT2D eigenvalue weighted by molar-refractivity contribution is 6.08. The molecule has 6 heteroatoms. The molecule has 0 aliphatic carbocycles. The molecular formula is C25H24N2O4. The van der Waals surface area contributed by atoms with Crippen LogP contribution in [0, 0.1) is 0 Å². The fourth-order valence-corrected chi connectivity index (χ4v) is 3.79. The van der Waals surface area contributed by atoms with E-state index in [1.165, 1.54) is 6.07 Å². The van der Waals surface area contributed by atoms with E-state index in [1.807, 2.05) is 36.4 Å². The number of carbonyl (C=O) groups excluding carboxylic acids is 2. The monoisotopic (exact) mass is 416 g/mol. The minimum absolute atomic E-state index is 0.130. The van der Waals surface area contributed by atoms with E-state index < -0.39 is 5.91 Å². The van der Waals surface area contributed by atoms with Gasteiger partial charge in [0.05, 0.1) is 17.4 Å². The molecule has 3 aromatic carbocycles. The van der Waals surface area contributed by atoms with Gasteiger partial charge in [-0.25, -0.2) is 0 Å². The zero-order valence-electron chi connectivity index (χ0n) is 17.0. The van der Waals surface area contributed by atoms with Crippen molar-refractivity contribution >= 4 is 23.6 Å². The van der Waals surface area contributed by atoms with Crippen molar-refractivity contribution in [3.05, 3.63) is 77.9 Å². The normalized spacial score (nSPS) is 14.3. The van der Waals surface area contributed by atoms with Crippen molar-refractivity contribution in [2.24, 2.45) is 0 Å². The number of anilines is 2. The van der Waals surface area contributed by atoms with Gasteiger partial charge in [0.25, 0.3) is 5.91 Å². The number of aliphatic hydroxyl groups is 1. The summed E-state index contributed by atoms with van der Waals surface area (Å²) in [6.45, 7) is 1.36. The Kier molecular flexibility index (Phi) is 6.00. The molecule has 158 valence electrons. The summed E-state index contributed by atoms with van der Waals surface area (Å²) in [6, 6.07) is 19.8. The van der Waals surface area contributed by atoms with Crippen molar-refractivity contribution in [1.29, 1.82) is 0 Å². The smallest absolute Gasteiger partial charge is 0.259 e. The Bertz CT molecular complexity index is 1090. The number of amides is 1. The molecule has 1 heterocycles. The maximum Gasteiger partial charge on any atom is 0.259 e. The average Bonchev–Trinajstić information content (AvgIpc) is 2.80. The van der Waals surface area contributed by atoms with E-state index in [1.54, 1.807) is 24.3 Å². The fraction of sp³-hybridized carbons (Fsp3) is 0.200. The Morgan fingerprint density at radius 2 is 1.71 bits per heavy atom. The fourth-order valence-electron chi connectivity index (χ4n) is 3.79. The highest BCUT2D eigenvalue weighted by atomic mass is 16.3. The Morgan fingerprint density at radius 3 is 2.42 bits per heavy atom. The third kappa shape index (κ3) is 4.59. The van der Waals surface area contributed by atoms with Crippen LogP contribution in [0.15, 0.2) is 66.7 Å². The maximum atomic E-state index is 13.0. The molecule has 6 nitrogen and oxygen atoms in total. The Morgan fingerprint density at radius 1 is 0.968 bits per heavy atom. The number of rotatable bonds is 5. The van der Waals surface area contributed by atoms with Crippen LogP contribution >= 0.6 is 0 Å². The van der Waals surface area contributed by atoms with Crippen molar-refractivity contribution in [1.82, 2.24) is 0 Å². The molecule has 1 aliphatic rings. The number of benzene rings is 3. The predicted octanol–water partition coefficient (Wildman–Crippen LogP) is 4.09. The molecule has 0 spiro atoms. The Labute approximate surface area is 180 Å². The SMILES string of the molecule is O=Cc1ccc(-c2ccccc2)cc1NC(=O)c1cc(N2CCC(O)CC2)ccc1O. The van der Waals surface area contributed by atoms with Crippen LogP contribution in [0.25, 0.3) is 11.1 Å². The first-order valence-corrected chi connectivity index (χ1v) is 10.3. The van der Waals surface area contributed by atoms with Crippen LogP contribution in [0.2, 0.25) is 0 Å². The topological polar surface area (TPSA) is 89.9 Å². The highest BCUT2D eigenvalue weighted by Gasteiger charge is 2.20. The minimum atomic E-state index is -0.496. The van der Waals surface area contributed by atoms with Crippen molar-refractivity contribution in [2.45, 2.75) is 18.9 Å². The molecule has 31 heavy (non-hydrogen) atoms. The van der Waals surface area contributed by atoms with Gasteiger partial charge in [0, 0.05) is 24.3 Å². The van der Waals surface area contributed by atoms with Crippen molar-refractivity contribution in [3.63, 3.8) is 0 Å². The lowest BCUT2D eigenvalue weighted by Crippen LogP contribution is -2.35. The molecule has 1 saturated heterocycles. The van der Waals surface area contributed by atoms with E-state index in [4.69, 9.17) is 0 Å². The van der Waals surface area contributed by atoms with E-state index in [0.717, 1.165) is 16.8 Å². The summed E-state index contributed by atoms with van der Waals surface area (Å²) >= 11 is 0. The Hall–Kier alpha value is -3.64. The number of nitrogens with zero attached hydrogens (tertiary/aromatic N) is 1. The lowest BCUT2D eigenvalue weighted by atomic mass is 10.0. The van der Waals surface area contributed by atoms with Gasteiger partial charge < -0.3 is 20.4 Å². The maximum absolute atomic E-state index is 13.0. The van der Waals surface area contributed by atoms with Crippen molar-refractivity contribution in [2.75, 3.05) is 23.3 Å². The number of hydrogen-bond donors (Lipinski definition) is 3. The summed E-state index contributed by atoms with van der Waals surface area (Å²) < 4.78 is 0. The summed E-state index contributed by atoms with van der Waals surface area (Å²) in [5.74, 6) is -0.630. The number of phenolic OH excluding ortho intramolecular Hbond substituents is 1. The quantitative estimate of drug-likeness (QED) is 0.545. The predicted molar refractivity (Wildman–Crippen MR) is 121 cm³/mol. The van der Waals surface area contributed by atoms with Gasteiger partial charge in [-0.3, -0.25) is 9.59 Å². The first kappa shape index (κ1) is 20.6. The van der Waals surface area contributed by atoms with Crippen LogP contribution < -0.4 is 10.2 Å². The first-order chi connectivity index (χ1) is 15.0. The molecule has 1 fully saturated rings. The van der Waals surface area contributed by atoms with Crippen LogP contribution in [0.1, 0.15) is 33.6 Å². The molecule has 0 unspecified atom stereocenters. The third-order valence-electron chi connectivity index (χ3n) is 5.59. The lowest BCUT2D eigenvalue weighted by molar-refractivity contribution is 0.102. The van der Waals surface area contributed by atoms with Gasteiger partial charge in [-0.15, -0.1) is 0 Å². The van der Waals surface area contributed by atoms with E-state index in [-0.39, 0.29) is 17.4 Å². The van der Waals surface area contributed by atoms with Gasteiger partial charge in [0.2, 0.25) is 0 Å². The largest absolute Gasteiger partial charge is 0.507 e. The lowest BCUT2D eigenvalue weighted by Gasteiger charge is -2.31. The second-order valence-electron chi connectivity index (χ2n) is 7.66. The Balaban J connectivity index is 1.61. The molecule has 0 saturated carbocycles. The third-order valence-corrected chi connectivity index (χ3v) is 5.59. The summed E-state index contributed by atoms with van der Waals surface area (Å²) in [4.78, 5) is 26.6. The number of aliphatic hydroxyl groups excluding tert-OH is 1. The first-order valence-electron chi connectivity index (χ1n) is 10.3. The molecule has 0 radical (unpaired) electrons. The van der Waals surface area contributed by atoms with Crippen LogP contribution in [0.4, 0.5) is 11.4 Å². The number of aldehydes is 1. The van der Waals surface area contributed by atoms with Gasteiger partial charge in [-0.2, -0.15) is 0 Å². The van der Waals surface area contributed by atoms with Gasteiger partial charge in [0.1, 0.15) is 5.75 Å². The van der Waals surface area contributed by atoms with Crippen molar-refractivity contribution < 1.29 is 19.8 Å². The van der Waals surface area contributed by atoms with Crippen molar-refractivity contribution in [3.8, 4) is 16.9 Å².